The molecular weight excluding hydrogens is 148 g/mol. The molecule has 1 rings (SSSR count). The van der Waals surface area contributed by atoms with Crippen molar-refractivity contribution >= 4 is 17.0 Å². The highest BCUT2D eigenvalue weighted by Gasteiger charge is 2.00. The zero-order valence-electron chi connectivity index (χ0n) is 5.83. The van der Waals surface area contributed by atoms with E-state index in [1.807, 2.05) is 6.92 Å². The van der Waals surface area contributed by atoms with Crippen LogP contribution in [0.3, 0.4) is 0 Å². The van der Waals surface area contributed by atoms with E-state index < -0.39 is 0 Å². The molecule has 0 aliphatic heterocycles. The van der Waals surface area contributed by atoms with E-state index in [-0.39, 0.29) is 0 Å². The summed E-state index contributed by atoms with van der Waals surface area (Å²) in [6.45, 7) is 3.68. The largest absolute Gasteiger partial charge is 0.411 e. The Morgan fingerprint density at radius 2 is 2.50 bits per heavy atom. The van der Waals surface area contributed by atoms with E-state index in [2.05, 4.69) is 10.1 Å². The molecule has 0 aliphatic rings. The molecule has 0 radical (unpaired) electrons. The molecule has 0 aromatic carbocycles. The minimum Gasteiger partial charge on any atom is -0.411 e. The lowest BCUT2D eigenvalue weighted by Crippen LogP contribution is -1.91. The van der Waals surface area contributed by atoms with Crippen LogP contribution in [0.1, 0.15) is 16.8 Å². The van der Waals surface area contributed by atoms with Gasteiger partial charge >= 0.3 is 0 Å². The van der Waals surface area contributed by atoms with Crippen molar-refractivity contribution in [1.29, 1.82) is 0 Å². The zero-order chi connectivity index (χ0) is 7.56. The van der Waals surface area contributed by atoms with Crippen LogP contribution in [0.15, 0.2) is 11.4 Å². The molecule has 0 saturated heterocycles. The summed E-state index contributed by atoms with van der Waals surface area (Å²) in [6, 6.07) is 0. The van der Waals surface area contributed by atoms with E-state index in [0.29, 0.717) is 5.71 Å². The van der Waals surface area contributed by atoms with Crippen molar-refractivity contribution in [2.45, 2.75) is 13.8 Å². The molecule has 1 N–H and O–H groups in total. The Morgan fingerprint density at radius 1 is 1.80 bits per heavy atom. The normalized spacial score (nSPS) is 12.0. The van der Waals surface area contributed by atoms with Gasteiger partial charge in [0.25, 0.3) is 0 Å². The van der Waals surface area contributed by atoms with Gasteiger partial charge in [0.1, 0.15) is 10.7 Å². The molecule has 1 heterocycles. The lowest BCUT2D eigenvalue weighted by atomic mass is 10.5. The first-order valence-electron chi connectivity index (χ1n) is 2.85. The summed E-state index contributed by atoms with van der Waals surface area (Å²) < 4.78 is 0. The maximum atomic E-state index is 8.35. The fraction of sp³-hybridized carbons (Fsp3) is 0.333. The molecule has 0 unspecified atom stereocenters. The highest BCUT2D eigenvalue weighted by atomic mass is 32.1. The van der Waals surface area contributed by atoms with Crippen molar-refractivity contribution in [1.82, 2.24) is 4.98 Å². The van der Waals surface area contributed by atoms with Crippen molar-refractivity contribution in [2.75, 3.05) is 0 Å². The van der Waals surface area contributed by atoms with E-state index in [1.165, 1.54) is 11.3 Å². The van der Waals surface area contributed by atoms with E-state index in [0.717, 1.165) is 9.88 Å². The lowest BCUT2D eigenvalue weighted by Gasteiger charge is -1.86. The monoisotopic (exact) mass is 156 g/mol. The number of hydrogen-bond donors (Lipinski definition) is 1. The molecular formula is C6H8N2OS. The van der Waals surface area contributed by atoms with E-state index >= 15 is 0 Å². The summed E-state index contributed by atoms with van der Waals surface area (Å²) in [5, 5.41) is 12.2. The van der Waals surface area contributed by atoms with Gasteiger partial charge in [-0.25, -0.2) is 4.98 Å². The Kier molecular flexibility index (Phi) is 2.01. The smallest absolute Gasteiger partial charge is 0.140 e. The van der Waals surface area contributed by atoms with Crippen molar-refractivity contribution in [3.8, 4) is 0 Å². The van der Waals surface area contributed by atoms with E-state index in [1.54, 1.807) is 13.1 Å². The molecule has 0 spiro atoms. The predicted octanol–water partition coefficient (Wildman–Crippen LogP) is 1.65. The molecule has 1 aromatic rings. The summed E-state index contributed by atoms with van der Waals surface area (Å²) in [5.41, 5.74) is 0.568. The van der Waals surface area contributed by atoms with Gasteiger partial charge in [-0.05, 0) is 13.8 Å². The standard InChI is InChI=1S/C6H8N2OS/c1-4-3-7-6(10-4)5(2)8-9/h3,9H,1-2H3/b8-5+. The molecule has 0 fully saturated rings. The van der Waals surface area contributed by atoms with Gasteiger partial charge in [0, 0.05) is 11.1 Å². The number of thiazole rings is 1. The second-order valence-electron chi connectivity index (χ2n) is 1.96. The predicted molar refractivity (Wildman–Crippen MR) is 40.8 cm³/mol. The first kappa shape index (κ1) is 7.21. The van der Waals surface area contributed by atoms with Crippen LogP contribution in [-0.2, 0) is 0 Å². The molecule has 3 nitrogen and oxygen atoms in total. The van der Waals surface area contributed by atoms with E-state index in [9.17, 15) is 0 Å². The van der Waals surface area contributed by atoms with Crippen LogP contribution >= 0.6 is 11.3 Å². The Morgan fingerprint density at radius 3 is 2.90 bits per heavy atom. The fourth-order valence-electron chi connectivity index (χ4n) is 0.565. The van der Waals surface area contributed by atoms with Gasteiger partial charge in [-0.2, -0.15) is 0 Å². The Labute approximate surface area is 63.0 Å². The molecule has 0 saturated carbocycles. The minimum atomic E-state index is 0.568. The van der Waals surface area contributed by atoms with Crippen LogP contribution in [0.4, 0.5) is 0 Å². The Bertz CT molecular complexity index is 254. The summed E-state index contributed by atoms with van der Waals surface area (Å²) >= 11 is 1.52. The maximum absolute atomic E-state index is 8.35. The molecule has 4 heteroatoms. The minimum absolute atomic E-state index is 0.568. The first-order chi connectivity index (χ1) is 4.74. The summed E-state index contributed by atoms with van der Waals surface area (Å²) in [5.74, 6) is 0. The van der Waals surface area contributed by atoms with Gasteiger partial charge in [0.05, 0.1) is 0 Å². The highest BCUT2D eigenvalue weighted by Crippen LogP contribution is 2.11. The highest BCUT2D eigenvalue weighted by molar-refractivity contribution is 7.13. The Balaban J connectivity index is 2.95. The van der Waals surface area contributed by atoms with Crippen LogP contribution in [0, 0.1) is 6.92 Å². The van der Waals surface area contributed by atoms with Gasteiger partial charge < -0.3 is 5.21 Å². The van der Waals surface area contributed by atoms with Crippen molar-refractivity contribution < 1.29 is 5.21 Å². The molecule has 1 aromatic heterocycles. The van der Waals surface area contributed by atoms with Gasteiger partial charge in [-0.3, -0.25) is 0 Å². The maximum Gasteiger partial charge on any atom is 0.140 e. The molecule has 0 aliphatic carbocycles. The number of oxime groups is 1. The van der Waals surface area contributed by atoms with Gasteiger partial charge in [-0.1, -0.05) is 5.16 Å². The quantitative estimate of drug-likeness (QED) is 0.381. The van der Waals surface area contributed by atoms with E-state index in [4.69, 9.17) is 5.21 Å². The van der Waals surface area contributed by atoms with Gasteiger partial charge in [0.2, 0.25) is 0 Å². The van der Waals surface area contributed by atoms with Crippen LogP contribution in [-0.4, -0.2) is 15.9 Å². The number of hydrogen-bond acceptors (Lipinski definition) is 4. The molecule has 54 valence electrons. The molecule has 0 atom stereocenters. The number of rotatable bonds is 1. The molecule has 0 amide bonds. The molecule has 0 bridgehead atoms. The number of aryl methyl sites for hydroxylation is 1. The second kappa shape index (κ2) is 2.79. The third-order valence-corrected chi connectivity index (χ3v) is 2.10. The van der Waals surface area contributed by atoms with Crippen LogP contribution in [0.2, 0.25) is 0 Å². The molecule has 10 heavy (non-hydrogen) atoms. The van der Waals surface area contributed by atoms with Crippen LogP contribution in [0.25, 0.3) is 0 Å². The van der Waals surface area contributed by atoms with Gasteiger partial charge in [0.15, 0.2) is 0 Å². The van der Waals surface area contributed by atoms with Crippen LogP contribution in [0.5, 0.6) is 0 Å². The van der Waals surface area contributed by atoms with Crippen LogP contribution < -0.4 is 0 Å². The topological polar surface area (TPSA) is 45.5 Å². The van der Waals surface area contributed by atoms with Crippen molar-refractivity contribution in [3.63, 3.8) is 0 Å². The average Bonchev–Trinajstić information content (AvgIpc) is 2.34. The zero-order valence-corrected chi connectivity index (χ0v) is 6.64. The number of aromatic nitrogens is 1. The summed E-state index contributed by atoms with van der Waals surface area (Å²) in [7, 11) is 0. The van der Waals surface area contributed by atoms with Crippen molar-refractivity contribution in [3.05, 3.63) is 16.1 Å². The van der Waals surface area contributed by atoms with Crippen molar-refractivity contribution in [2.24, 2.45) is 5.16 Å². The summed E-state index contributed by atoms with van der Waals surface area (Å²) in [6.07, 6.45) is 1.76. The lowest BCUT2D eigenvalue weighted by molar-refractivity contribution is 0.319. The number of nitrogens with zero attached hydrogens (tertiary/aromatic N) is 2. The third kappa shape index (κ3) is 1.33. The fourth-order valence-corrected chi connectivity index (χ4v) is 1.27. The van der Waals surface area contributed by atoms with Gasteiger partial charge in [-0.15, -0.1) is 11.3 Å². The third-order valence-electron chi connectivity index (χ3n) is 1.08. The first-order valence-corrected chi connectivity index (χ1v) is 3.67. The second-order valence-corrected chi connectivity index (χ2v) is 3.20. The Hall–Kier alpha value is -0.900. The SMILES string of the molecule is C/C(=N\O)c1ncc(C)s1. The average molecular weight is 156 g/mol. The summed E-state index contributed by atoms with van der Waals surface area (Å²) in [4.78, 5) is 5.14.